The fourth-order valence-corrected chi connectivity index (χ4v) is 6.77. The molecule has 1 fully saturated rings. The van der Waals surface area contributed by atoms with Crippen LogP contribution in [0.4, 0.5) is 4.39 Å². The largest absolute Gasteiger partial charge is 0.365 e. The Morgan fingerprint density at radius 3 is 2.53 bits per heavy atom. The Kier molecular flexibility index (Phi) is 7.99. The maximum absolute atomic E-state index is 14.1. The predicted octanol–water partition coefficient (Wildman–Crippen LogP) is 8.57. The molecule has 0 bridgehead atoms. The van der Waals surface area contributed by atoms with E-state index in [0.29, 0.717) is 16.9 Å². The van der Waals surface area contributed by atoms with E-state index in [-0.39, 0.29) is 5.82 Å². The number of allylic oxidation sites excluding steroid dienone is 4. The third kappa shape index (κ3) is 5.29. The highest BCUT2D eigenvalue weighted by molar-refractivity contribution is 6.32. The Hall–Kier alpha value is -2.98. The molecule has 4 heteroatoms. The van der Waals surface area contributed by atoms with Gasteiger partial charge in [0.05, 0.1) is 5.02 Å². The molecule has 2 aliphatic rings. The molecule has 0 saturated heterocycles. The molecular formula is C34H34ClFO2. The highest BCUT2D eigenvalue weighted by Crippen LogP contribution is 2.51. The summed E-state index contributed by atoms with van der Waals surface area (Å²) in [6.07, 6.45) is 6.97. The van der Waals surface area contributed by atoms with Crippen LogP contribution in [0.3, 0.4) is 0 Å². The van der Waals surface area contributed by atoms with Crippen LogP contribution >= 0.6 is 11.6 Å². The number of hydrogen-bond donors (Lipinski definition) is 2. The summed E-state index contributed by atoms with van der Waals surface area (Å²) in [7, 11) is 0. The first kappa shape index (κ1) is 26.6. The molecule has 3 aromatic carbocycles. The van der Waals surface area contributed by atoms with E-state index in [9.17, 15) is 14.6 Å². The van der Waals surface area contributed by atoms with Gasteiger partial charge >= 0.3 is 0 Å². The SMILES string of the molecule is CC/C(=C(\C1=C(C)c2ccccc2CC2CCCC12)c1ccc(/C=C/C(O)O)cc1)c1ccc(F)cc1Cl. The number of halogens is 2. The van der Waals surface area contributed by atoms with Crippen molar-refractivity contribution in [3.05, 3.63) is 117 Å². The van der Waals surface area contributed by atoms with Crippen LogP contribution in [-0.2, 0) is 6.42 Å². The van der Waals surface area contributed by atoms with Gasteiger partial charge in [-0.1, -0.05) is 85.6 Å². The standard InChI is InChI=1S/C34H34ClFO2/c1-3-27(30-17-16-26(36)20-31(30)35)34(23-14-11-22(12-15-23)13-18-32(37)38)33-21(2)28-9-5-4-7-24(28)19-25-8-6-10-29(25)33/h4-5,7,9,11-18,20,25,29,32,37-38H,3,6,8,10,19H2,1-2H3/b18-13+,34-27+. The van der Waals surface area contributed by atoms with Crippen molar-refractivity contribution >= 4 is 34.4 Å². The number of fused-ring (bicyclic) bond motifs is 2. The van der Waals surface area contributed by atoms with Gasteiger partial charge in [-0.3, -0.25) is 0 Å². The molecule has 196 valence electrons. The van der Waals surface area contributed by atoms with Crippen LogP contribution < -0.4 is 0 Å². The minimum atomic E-state index is -1.49. The lowest BCUT2D eigenvalue weighted by Gasteiger charge is -2.28. The van der Waals surface area contributed by atoms with E-state index < -0.39 is 6.29 Å². The normalized spacial score (nSPS) is 20.0. The van der Waals surface area contributed by atoms with Gasteiger partial charge < -0.3 is 10.2 Å². The zero-order valence-electron chi connectivity index (χ0n) is 21.9. The molecule has 0 radical (unpaired) electrons. The van der Waals surface area contributed by atoms with Crippen molar-refractivity contribution in [2.45, 2.75) is 52.2 Å². The second kappa shape index (κ2) is 11.4. The molecule has 2 unspecified atom stereocenters. The number of rotatable bonds is 6. The lowest BCUT2D eigenvalue weighted by molar-refractivity contribution is 0.00303. The van der Waals surface area contributed by atoms with Crippen molar-refractivity contribution in [3.63, 3.8) is 0 Å². The smallest absolute Gasteiger partial charge is 0.171 e. The lowest BCUT2D eigenvalue weighted by atomic mass is 9.76. The number of aliphatic hydroxyl groups is 2. The quantitative estimate of drug-likeness (QED) is 0.248. The van der Waals surface area contributed by atoms with Crippen LogP contribution in [0, 0.1) is 17.7 Å². The van der Waals surface area contributed by atoms with E-state index in [4.69, 9.17) is 11.6 Å². The molecule has 0 aliphatic heterocycles. The molecule has 2 N–H and O–H groups in total. The van der Waals surface area contributed by atoms with Gasteiger partial charge in [-0.05, 0) is 113 Å². The molecule has 5 rings (SSSR count). The summed E-state index contributed by atoms with van der Waals surface area (Å²) in [5, 5.41) is 18.9. The fraction of sp³-hybridized carbons (Fsp3) is 0.294. The molecule has 2 nitrogen and oxygen atoms in total. The Balaban J connectivity index is 1.79. The Morgan fingerprint density at radius 2 is 1.82 bits per heavy atom. The molecule has 3 aromatic rings. The number of benzene rings is 3. The predicted molar refractivity (Wildman–Crippen MR) is 156 cm³/mol. The first-order valence-corrected chi connectivity index (χ1v) is 13.9. The molecule has 2 aliphatic carbocycles. The van der Waals surface area contributed by atoms with Gasteiger partial charge in [-0.2, -0.15) is 0 Å². The third-order valence-electron chi connectivity index (χ3n) is 8.18. The van der Waals surface area contributed by atoms with Gasteiger partial charge in [-0.25, -0.2) is 4.39 Å². The van der Waals surface area contributed by atoms with Crippen molar-refractivity contribution in [2.75, 3.05) is 0 Å². The van der Waals surface area contributed by atoms with E-state index in [1.54, 1.807) is 6.08 Å². The molecule has 0 spiro atoms. The summed E-state index contributed by atoms with van der Waals surface area (Å²) in [6.45, 7) is 4.40. The van der Waals surface area contributed by atoms with Crippen molar-refractivity contribution in [1.82, 2.24) is 0 Å². The number of hydrogen-bond acceptors (Lipinski definition) is 2. The molecular weight excluding hydrogens is 495 g/mol. The van der Waals surface area contributed by atoms with Gasteiger partial charge in [-0.15, -0.1) is 0 Å². The van der Waals surface area contributed by atoms with Crippen molar-refractivity contribution in [1.29, 1.82) is 0 Å². The highest BCUT2D eigenvalue weighted by atomic mass is 35.5. The molecule has 0 heterocycles. The van der Waals surface area contributed by atoms with Gasteiger partial charge in [0.1, 0.15) is 5.82 Å². The first-order valence-electron chi connectivity index (χ1n) is 13.5. The van der Waals surface area contributed by atoms with Crippen LogP contribution in [0.2, 0.25) is 5.02 Å². The monoisotopic (exact) mass is 528 g/mol. The maximum Gasteiger partial charge on any atom is 0.171 e. The zero-order chi connectivity index (χ0) is 26.8. The molecule has 38 heavy (non-hydrogen) atoms. The Labute approximate surface area is 229 Å². The number of aliphatic hydroxyl groups excluding tert-OH is 1. The summed E-state index contributed by atoms with van der Waals surface area (Å²) >= 11 is 6.68. The second-order valence-corrected chi connectivity index (χ2v) is 10.8. The molecule has 2 atom stereocenters. The second-order valence-electron chi connectivity index (χ2n) is 10.4. The Bertz CT molecular complexity index is 1410. The molecule has 0 aromatic heterocycles. The summed E-state index contributed by atoms with van der Waals surface area (Å²) in [5.74, 6) is 0.670. The van der Waals surface area contributed by atoms with E-state index in [1.807, 2.05) is 18.2 Å². The minimum Gasteiger partial charge on any atom is -0.365 e. The maximum atomic E-state index is 14.1. The van der Waals surface area contributed by atoms with Crippen LogP contribution in [0.1, 0.15) is 67.3 Å². The van der Waals surface area contributed by atoms with E-state index in [2.05, 4.69) is 50.2 Å². The minimum absolute atomic E-state index is 0.340. The van der Waals surface area contributed by atoms with Crippen LogP contribution in [0.15, 0.2) is 78.4 Å². The van der Waals surface area contributed by atoms with Crippen LogP contribution in [0.5, 0.6) is 0 Å². The first-order chi connectivity index (χ1) is 18.4. The van der Waals surface area contributed by atoms with Crippen molar-refractivity contribution in [3.8, 4) is 0 Å². The Morgan fingerprint density at radius 1 is 1.05 bits per heavy atom. The van der Waals surface area contributed by atoms with E-state index in [1.165, 1.54) is 58.9 Å². The summed E-state index contributed by atoms with van der Waals surface area (Å²) in [5.41, 5.74) is 10.5. The van der Waals surface area contributed by atoms with Crippen LogP contribution in [-0.4, -0.2) is 16.5 Å². The molecule has 1 saturated carbocycles. The van der Waals surface area contributed by atoms with Crippen LogP contribution in [0.25, 0.3) is 22.8 Å². The topological polar surface area (TPSA) is 40.5 Å². The van der Waals surface area contributed by atoms with Crippen molar-refractivity contribution < 1.29 is 14.6 Å². The summed E-state index contributed by atoms with van der Waals surface area (Å²) in [4.78, 5) is 0. The summed E-state index contributed by atoms with van der Waals surface area (Å²) < 4.78 is 14.1. The zero-order valence-corrected chi connectivity index (χ0v) is 22.7. The van der Waals surface area contributed by atoms with Crippen molar-refractivity contribution in [2.24, 2.45) is 11.8 Å². The average molecular weight is 529 g/mol. The van der Waals surface area contributed by atoms with Gasteiger partial charge in [0.2, 0.25) is 0 Å². The van der Waals surface area contributed by atoms with E-state index >= 15 is 0 Å². The highest BCUT2D eigenvalue weighted by Gasteiger charge is 2.37. The molecule has 0 amide bonds. The average Bonchev–Trinajstić information content (AvgIpc) is 3.32. The van der Waals surface area contributed by atoms with Gasteiger partial charge in [0.15, 0.2) is 6.29 Å². The summed E-state index contributed by atoms with van der Waals surface area (Å²) in [6, 6.07) is 21.7. The van der Waals surface area contributed by atoms with E-state index in [0.717, 1.165) is 41.5 Å². The lowest BCUT2D eigenvalue weighted by Crippen LogP contribution is -2.14. The van der Waals surface area contributed by atoms with Gasteiger partial charge in [0.25, 0.3) is 0 Å². The third-order valence-corrected chi connectivity index (χ3v) is 8.49. The fourth-order valence-electron chi connectivity index (χ4n) is 6.49. The van der Waals surface area contributed by atoms with Gasteiger partial charge in [0, 0.05) is 0 Å².